The number of methoxy groups -OCH3 is 1. The second-order valence-corrected chi connectivity index (χ2v) is 17.1. The van der Waals surface area contributed by atoms with Gasteiger partial charge in [0.05, 0.1) is 70.9 Å². The maximum atomic E-state index is 6.53. The normalized spacial score (nSPS) is 13.6. The molecule has 1 saturated heterocycles. The Labute approximate surface area is 299 Å². The van der Waals surface area contributed by atoms with Gasteiger partial charge in [0.15, 0.2) is 5.65 Å². The van der Waals surface area contributed by atoms with Gasteiger partial charge in [0.1, 0.15) is 18.3 Å². The molecule has 1 aliphatic rings. The second kappa shape index (κ2) is 15.0. The minimum Gasteiger partial charge on any atom is -0.497 e. The average molecular weight is 739 g/mol. The lowest BCUT2D eigenvalue weighted by atomic mass is 10.2. The first-order chi connectivity index (χ1) is 23.9. The average Bonchev–Trinajstić information content (AvgIpc) is 3.86. The van der Waals surface area contributed by atoms with Gasteiger partial charge in [-0.05, 0) is 35.9 Å². The Bertz CT molecular complexity index is 2030. The molecule has 7 rings (SSSR count). The maximum Gasteiger partial charge on any atom is 0.232 e. The van der Waals surface area contributed by atoms with Crippen molar-refractivity contribution in [3.8, 4) is 17.0 Å². The predicted molar refractivity (Wildman–Crippen MR) is 197 cm³/mol. The van der Waals surface area contributed by atoms with E-state index in [1.54, 1.807) is 17.7 Å². The maximum absolute atomic E-state index is 6.53. The van der Waals surface area contributed by atoms with Crippen LogP contribution in [0.5, 0.6) is 5.75 Å². The fourth-order valence-electron chi connectivity index (χ4n) is 5.72. The van der Waals surface area contributed by atoms with E-state index in [2.05, 4.69) is 44.6 Å². The first kappa shape index (κ1) is 33.7. The lowest BCUT2D eigenvalue weighted by Crippen LogP contribution is -2.38. The molecule has 5 heterocycles. The van der Waals surface area contributed by atoms with Crippen molar-refractivity contribution in [2.24, 2.45) is 0 Å². The van der Waals surface area contributed by atoms with Crippen molar-refractivity contribution in [3.05, 3.63) is 74.9 Å². The molecule has 0 bridgehead atoms. The fraction of sp³-hybridized carbons (Fsp3) is 0.364. The molecule has 0 amide bonds. The minimum atomic E-state index is -0.772. The van der Waals surface area contributed by atoms with Gasteiger partial charge in [-0.1, -0.05) is 48.4 Å². The Morgan fingerprint density at radius 1 is 1.02 bits per heavy atom. The number of halogens is 2. The molecule has 0 saturated carbocycles. The van der Waals surface area contributed by atoms with Crippen LogP contribution in [-0.2, 0) is 29.3 Å². The molecular weight excluding hydrogens is 701 g/mol. The topological polar surface area (TPSA) is 108 Å². The third-order valence-corrected chi connectivity index (χ3v) is 11.1. The summed E-state index contributed by atoms with van der Waals surface area (Å²) < 4.78 is 21.2. The van der Waals surface area contributed by atoms with E-state index in [1.165, 1.54) is 11.3 Å². The van der Waals surface area contributed by atoms with Crippen molar-refractivity contribution >= 4 is 71.9 Å². The zero-order valence-corrected chi connectivity index (χ0v) is 31.0. The molecule has 16 heteroatoms. The number of imidazole rings is 1. The summed E-state index contributed by atoms with van der Waals surface area (Å²) in [5.41, 5.74) is 6.78. The predicted octanol–water partition coefficient (Wildman–Crippen LogP) is 6.42. The summed E-state index contributed by atoms with van der Waals surface area (Å²) >= 11 is 14.5. The molecule has 0 aliphatic carbocycles. The smallest absolute Gasteiger partial charge is 0.232 e. The monoisotopic (exact) mass is 737 g/mol. The van der Waals surface area contributed by atoms with Gasteiger partial charge in [0, 0.05) is 40.4 Å². The number of thiazole rings is 1. The van der Waals surface area contributed by atoms with Crippen molar-refractivity contribution in [3.63, 3.8) is 0 Å². The van der Waals surface area contributed by atoms with Gasteiger partial charge in [-0.25, -0.2) is 9.97 Å². The van der Waals surface area contributed by atoms with E-state index in [0.717, 1.165) is 45.5 Å². The highest BCUT2D eigenvalue weighted by Crippen LogP contribution is 2.32. The zero-order valence-electron chi connectivity index (χ0n) is 27.6. The van der Waals surface area contributed by atoms with E-state index in [1.807, 2.05) is 35.3 Å². The van der Waals surface area contributed by atoms with Crippen LogP contribution in [0, 0.1) is 0 Å². The number of benzene rings is 2. The Hall–Kier alpha value is -3.79. The Kier molecular flexibility index (Phi) is 10.3. The van der Waals surface area contributed by atoms with Gasteiger partial charge in [0.2, 0.25) is 11.9 Å². The van der Waals surface area contributed by atoms with E-state index >= 15 is 0 Å². The second-order valence-electron chi connectivity index (χ2n) is 12.2. The zero-order chi connectivity index (χ0) is 33.9. The minimum absolute atomic E-state index is 0.329. The number of fused-ring (bicyclic) bond motifs is 2. The molecule has 0 unspecified atom stereocenters. The van der Waals surface area contributed by atoms with Crippen molar-refractivity contribution in [1.29, 1.82) is 0 Å². The largest absolute Gasteiger partial charge is 0.497 e. The summed E-state index contributed by atoms with van der Waals surface area (Å²) in [6, 6.07) is 12.8. The molecule has 0 N–H and O–H groups in total. The summed E-state index contributed by atoms with van der Waals surface area (Å²) in [6.07, 6.45) is 1.81. The third-order valence-electron chi connectivity index (χ3n) is 8.42. The van der Waals surface area contributed by atoms with Crippen molar-refractivity contribution in [1.82, 2.24) is 34.1 Å². The molecule has 6 aromatic rings. The van der Waals surface area contributed by atoms with Gasteiger partial charge in [0.25, 0.3) is 0 Å². The highest BCUT2D eigenvalue weighted by Gasteiger charge is 2.25. The summed E-state index contributed by atoms with van der Waals surface area (Å²) in [6.45, 7) is 9.10. The number of aromatic nitrogens is 7. The summed E-state index contributed by atoms with van der Waals surface area (Å²) in [4.78, 5) is 24.2. The van der Waals surface area contributed by atoms with Crippen LogP contribution in [0.2, 0.25) is 29.2 Å². The van der Waals surface area contributed by atoms with Crippen LogP contribution in [-0.4, -0.2) is 82.9 Å². The quantitative estimate of drug-likeness (QED) is 0.0974. The molecule has 0 atom stereocenters. The lowest BCUT2D eigenvalue weighted by molar-refractivity contribution is 0.0882. The molecule has 12 nitrogen and oxygen atoms in total. The van der Waals surface area contributed by atoms with E-state index in [4.69, 9.17) is 57.5 Å². The molecule has 0 radical (unpaired) electrons. The van der Waals surface area contributed by atoms with Crippen molar-refractivity contribution in [2.75, 3.05) is 49.8 Å². The first-order valence-electron chi connectivity index (χ1n) is 16.1. The Morgan fingerprint density at radius 3 is 2.55 bits per heavy atom. The number of anilines is 2. The summed E-state index contributed by atoms with van der Waals surface area (Å²) in [5.74, 6) is 2.78. The number of rotatable bonds is 13. The number of hydrogen-bond acceptors (Lipinski definition) is 11. The van der Waals surface area contributed by atoms with Crippen LogP contribution >= 0.6 is 34.5 Å². The number of nitrogens with zero attached hydrogens (tertiary/aromatic N) is 9. The number of ether oxygens (including phenoxy) is 3. The molecule has 1 aliphatic heterocycles. The van der Waals surface area contributed by atoms with Gasteiger partial charge in [-0.3, -0.25) is 0 Å². The van der Waals surface area contributed by atoms with Gasteiger partial charge < -0.3 is 28.6 Å². The Morgan fingerprint density at radius 2 is 1.82 bits per heavy atom. The van der Waals surface area contributed by atoms with E-state index in [-0.39, 0.29) is 0 Å². The molecule has 0 spiro atoms. The molecule has 4 aromatic heterocycles. The SMILES string of the molecule is COc1ccc(CN(Cc2nc3cc(Cl)c(Cl)cc3n2COCC[SiH](C)C)c2nc(N3CCOCC3)nc3c(-c4cscn4)cnn23)cc1. The van der Waals surface area contributed by atoms with Crippen LogP contribution in [0.3, 0.4) is 0 Å². The lowest BCUT2D eigenvalue weighted by Gasteiger charge is -2.29. The molecule has 1 fully saturated rings. The fourth-order valence-corrected chi connectivity index (χ4v) is 7.22. The summed E-state index contributed by atoms with van der Waals surface area (Å²) in [7, 11) is 0.893. The third kappa shape index (κ3) is 7.39. The first-order valence-corrected chi connectivity index (χ1v) is 21.0. The van der Waals surface area contributed by atoms with Crippen LogP contribution in [0.25, 0.3) is 27.9 Å². The van der Waals surface area contributed by atoms with Crippen molar-refractivity contribution in [2.45, 2.75) is 39.0 Å². The highest BCUT2D eigenvalue weighted by atomic mass is 35.5. The highest BCUT2D eigenvalue weighted by molar-refractivity contribution is 7.07. The standard InChI is InChI=1S/C33H37Cl2N9O3SSi/c1-45-23-6-4-22(5-7-23)17-42(18-30-38-27-14-25(34)26(35)15-29(27)43(30)21-47-12-13-49(2)3)33-40-32(41-8-10-46-11-9-41)39-31-24(16-37-44(31)33)28-19-48-20-36-28/h4-7,14-16,19-20,49H,8-13,17-18,21H2,1-3H3. The van der Waals surface area contributed by atoms with Gasteiger partial charge in [-0.2, -0.15) is 19.6 Å². The van der Waals surface area contributed by atoms with Crippen LogP contribution in [0.4, 0.5) is 11.9 Å². The van der Waals surface area contributed by atoms with E-state index in [0.29, 0.717) is 80.3 Å². The van der Waals surface area contributed by atoms with Crippen LogP contribution in [0.1, 0.15) is 11.4 Å². The Balaban J connectivity index is 1.36. The summed E-state index contributed by atoms with van der Waals surface area (Å²) in [5, 5.41) is 7.74. The molecular formula is C33H37Cl2N9O3SSi. The van der Waals surface area contributed by atoms with Gasteiger partial charge >= 0.3 is 0 Å². The van der Waals surface area contributed by atoms with Gasteiger partial charge in [-0.15, -0.1) is 11.3 Å². The van der Waals surface area contributed by atoms with Crippen LogP contribution < -0.4 is 14.5 Å². The van der Waals surface area contributed by atoms with Crippen molar-refractivity contribution < 1.29 is 14.2 Å². The molecule has 256 valence electrons. The molecule has 2 aromatic carbocycles. The molecule has 49 heavy (non-hydrogen) atoms. The number of morpholine rings is 1. The number of hydrogen-bond donors (Lipinski definition) is 0. The van der Waals surface area contributed by atoms with Crippen LogP contribution in [0.15, 0.2) is 53.5 Å². The van der Waals surface area contributed by atoms with E-state index < -0.39 is 8.80 Å². The van der Waals surface area contributed by atoms with E-state index in [9.17, 15) is 0 Å².